The van der Waals surface area contributed by atoms with Crippen molar-refractivity contribution in [3.8, 4) is 11.1 Å². The van der Waals surface area contributed by atoms with Crippen molar-refractivity contribution in [2.75, 3.05) is 13.2 Å². The summed E-state index contributed by atoms with van der Waals surface area (Å²) in [5.41, 5.74) is 5.33. The Morgan fingerprint density at radius 3 is 2.22 bits per heavy atom. The van der Waals surface area contributed by atoms with Gasteiger partial charge in [0.1, 0.15) is 0 Å². The Bertz CT molecular complexity index is 555. The molecule has 2 aromatic carbocycles. The Morgan fingerprint density at radius 1 is 0.778 bits per heavy atom. The highest BCUT2D eigenvalue weighted by Gasteiger charge is 2.11. The third-order valence-electron chi connectivity index (χ3n) is 3.32. The molecule has 0 bridgehead atoms. The highest BCUT2D eigenvalue weighted by atomic mass is 16.5. The van der Waals surface area contributed by atoms with Gasteiger partial charge in [-0.15, -0.1) is 0 Å². The summed E-state index contributed by atoms with van der Waals surface area (Å²) < 4.78 is 5.39. The summed E-state index contributed by atoms with van der Waals surface area (Å²) in [4.78, 5) is 0. The minimum Gasteiger partial charge on any atom is -0.377 e. The van der Waals surface area contributed by atoms with Crippen LogP contribution in [0.2, 0.25) is 0 Å². The summed E-state index contributed by atoms with van der Waals surface area (Å²) in [6.07, 6.45) is 3.20. The molecular formula is C17H16O. The summed E-state index contributed by atoms with van der Waals surface area (Å²) in [5.74, 6) is 0. The van der Waals surface area contributed by atoms with Gasteiger partial charge in [-0.1, -0.05) is 60.7 Å². The molecule has 1 heteroatoms. The summed E-state index contributed by atoms with van der Waals surface area (Å²) in [6, 6.07) is 19.2. The fourth-order valence-electron chi connectivity index (χ4n) is 2.40. The van der Waals surface area contributed by atoms with Crippen LogP contribution < -0.4 is 0 Å². The van der Waals surface area contributed by atoms with Crippen LogP contribution in [0, 0.1) is 0 Å². The predicted molar refractivity (Wildman–Crippen MR) is 75.3 cm³/mol. The van der Waals surface area contributed by atoms with Crippen molar-refractivity contribution in [1.82, 2.24) is 0 Å². The first-order valence-corrected chi connectivity index (χ1v) is 6.37. The molecule has 1 aliphatic rings. The molecule has 0 spiro atoms. The van der Waals surface area contributed by atoms with Gasteiger partial charge < -0.3 is 4.74 Å². The van der Waals surface area contributed by atoms with Gasteiger partial charge in [-0.3, -0.25) is 0 Å². The second-order valence-corrected chi connectivity index (χ2v) is 4.47. The zero-order valence-corrected chi connectivity index (χ0v) is 10.3. The van der Waals surface area contributed by atoms with E-state index in [9.17, 15) is 0 Å². The highest BCUT2D eigenvalue weighted by Crippen LogP contribution is 2.31. The Morgan fingerprint density at radius 2 is 1.50 bits per heavy atom. The van der Waals surface area contributed by atoms with Gasteiger partial charge in [-0.25, -0.2) is 0 Å². The fourth-order valence-corrected chi connectivity index (χ4v) is 2.40. The molecule has 1 aliphatic heterocycles. The number of ether oxygens (including phenoxy) is 1. The Kier molecular flexibility index (Phi) is 3.24. The first kappa shape index (κ1) is 11.2. The molecule has 0 radical (unpaired) electrons. The van der Waals surface area contributed by atoms with Crippen LogP contribution in [0.4, 0.5) is 0 Å². The molecule has 1 heterocycles. The SMILES string of the molecule is C1=C(c2ccccc2-c2ccccc2)CCOC1. The van der Waals surface area contributed by atoms with E-state index in [0.29, 0.717) is 0 Å². The normalized spacial score (nSPS) is 15.2. The zero-order chi connectivity index (χ0) is 12.2. The van der Waals surface area contributed by atoms with E-state index in [1.165, 1.54) is 22.3 Å². The summed E-state index contributed by atoms with van der Waals surface area (Å²) in [7, 11) is 0. The third kappa shape index (κ3) is 2.22. The average Bonchev–Trinajstić information content (AvgIpc) is 2.49. The first-order valence-electron chi connectivity index (χ1n) is 6.37. The predicted octanol–water partition coefficient (Wildman–Crippen LogP) is 4.16. The van der Waals surface area contributed by atoms with Crippen molar-refractivity contribution >= 4 is 5.57 Å². The summed E-state index contributed by atoms with van der Waals surface area (Å²) in [5, 5.41) is 0. The van der Waals surface area contributed by atoms with E-state index in [0.717, 1.165) is 19.6 Å². The van der Waals surface area contributed by atoms with E-state index in [4.69, 9.17) is 4.74 Å². The molecular weight excluding hydrogens is 220 g/mol. The highest BCUT2D eigenvalue weighted by molar-refractivity contribution is 5.81. The minimum atomic E-state index is 0.735. The van der Waals surface area contributed by atoms with Gasteiger partial charge in [0.2, 0.25) is 0 Å². The van der Waals surface area contributed by atoms with Crippen LogP contribution in [-0.4, -0.2) is 13.2 Å². The van der Waals surface area contributed by atoms with Gasteiger partial charge in [-0.2, -0.15) is 0 Å². The van der Waals surface area contributed by atoms with Gasteiger partial charge in [0.15, 0.2) is 0 Å². The number of benzene rings is 2. The molecule has 18 heavy (non-hydrogen) atoms. The van der Waals surface area contributed by atoms with Crippen LogP contribution in [0.1, 0.15) is 12.0 Å². The molecule has 0 atom stereocenters. The number of rotatable bonds is 2. The van der Waals surface area contributed by atoms with Crippen molar-refractivity contribution in [2.24, 2.45) is 0 Å². The lowest BCUT2D eigenvalue weighted by atomic mass is 9.92. The second kappa shape index (κ2) is 5.19. The Balaban J connectivity index is 2.08. The van der Waals surface area contributed by atoms with Crippen LogP contribution >= 0.6 is 0 Å². The van der Waals surface area contributed by atoms with Crippen LogP contribution in [-0.2, 0) is 4.74 Å². The van der Waals surface area contributed by atoms with E-state index >= 15 is 0 Å². The van der Waals surface area contributed by atoms with E-state index < -0.39 is 0 Å². The van der Waals surface area contributed by atoms with Crippen LogP contribution in [0.5, 0.6) is 0 Å². The molecule has 0 aliphatic carbocycles. The molecule has 0 unspecified atom stereocenters. The number of hydrogen-bond donors (Lipinski definition) is 0. The van der Waals surface area contributed by atoms with Crippen LogP contribution in [0.15, 0.2) is 60.7 Å². The smallest absolute Gasteiger partial charge is 0.0653 e. The molecule has 2 aromatic rings. The van der Waals surface area contributed by atoms with Crippen molar-refractivity contribution in [1.29, 1.82) is 0 Å². The monoisotopic (exact) mass is 236 g/mol. The molecule has 0 aromatic heterocycles. The van der Waals surface area contributed by atoms with E-state index in [1.807, 2.05) is 0 Å². The molecule has 0 saturated carbocycles. The van der Waals surface area contributed by atoms with Crippen molar-refractivity contribution in [2.45, 2.75) is 6.42 Å². The van der Waals surface area contributed by atoms with E-state index in [2.05, 4.69) is 60.7 Å². The molecule has 3 rings (SSSR count). The van der Waals surface area contributed by atoms with E-state index in [-0.39, 0.29) is 0 Å². The molecule has 90 valence electrons. The Hall–Kier alpha value is -1.86. The van der Waals surface area contributed by atoms with Crippen LogP contribution in [0.3, 0.4) is 0 Å². The maximum Gasteiger partial charge on any atom is 0.0653 e. The third-order valence-corrected chi connectivity index (χ3v) is 3.32. The summed E-state index contributed by atoms with van der Waals surface area (Å²) in [6.45, 7) is 1.56. The largest absolute Gasteiger partial charge is 0.377 e. The van der Waals surface area contributed by atoms with Crippen molar-refractivity contribution in [3.63, 3.8) is 0 Å². The molecule has 0 N–H and O–H groups in total. The molecule has 0 amide bonds. The van der Waals surface area contributed by atoms with Gasteiger partial charge in [0, 0.05) is 0 Å². The van der Waals surface area contributed by atoms with Crippen molar-refractivity contribution in [3.05, 3.63) is 66.2 Å². The van der Waals surface area contributed by atoms with Crippen LogP contribution in [0.25, 0.3) is 16.7 Å². The summed E-state index contributed by atoms with van der Waals surface area (Å²) >= 11 is 0. The maximum atomic E-state index is 5.39. The van der Waals surface area contributed by atoms with Gasteiger partial charge in [-0.05, 0) is 28.7 Å². The quantitative estimate of drug-likeness (QED) is 0.760. The van der Waals surface area contributed by atoms with Gasteiger partial charge >= 0.3 is 0 Å². The van der Waals surface area contributed by atoms with Gasteiger partial charge in [0.25, 0.3) is 0 Å². The number of hydrogen-bond acceptors (Lipinski definition) is 1. The average molecular weight is 236 g/mol. The van der Waals surface area contributed by atoms with Crippen molar-refractivity contribution < 1.29 is 4.74 Å². The molecule has 1 nitrogen and oxygen atoms in total. The lowest BCUT2D eigenvalue weighted by Crippen LogP contribution is -2.04. The second-order valence-electron chi connectivity index (χ2n) is 4.47. The maximum absolute atomic E-state index is 5.39. The first-order chi connectivity index (χ1) is 8.95. The molecule has 0 fully saturated rings. The van der Waals surface area contributed by atoms with E-state index in [1.54, 1.807) is 0 Å². The standard InChI is InChI=1S/C17H16O/c1-2-6-14(7-3-1)16-8-4-5-9-17(16)15-10-12-18-13-11-15/h1-10H,11-13H2. The lowest BCUT2D eigenvalue weighted by Gasteiger charge is -2.17. The lowest BCUT2D eigenvalue weighted by molar-refractivity contribution is 0.161. The topological polar surface area (TPSA) is 9.23 Å². The Labute approximate surface area is 108 Å². The fraction of sp³-hybridized carbons (Fsp3) is 0.176. The minimum absolute atomic E-state index is 0.735. The van der Waals surface area contributed by atoms with Gasteiger partial charge in [0.05, 0.1) is 13.2 Å². The zero-order valence-electron chi connectivity index (χ0n) is 10.3. The molecule has 0 saturated heterocycles.